The van der Waals surface area contributed by atoms with Crippen molar-refractivity contribution >= 4 is 17.7 Å². The number of nitrogens with zero attached hydrogens (tertiary/aromatic N) is 1. The van der Waals surface area contributed by atoms with Crippen LogP contribution in [0, 0.1) is 0 Å². The van der Waals surface area contributed by atoms with Crippen LogP contribution in [-0.2, 0) is 0 Å². The maximum absolute atomic E-state index is 11.0. The van der Waals surface area contributed by atoms with Crippen molar-refractivity contribution in [3.05, 3.63) is 23.4 Å². The van der Waals surface area contributed by atoms with Gasteiger partial charge in [-0.1, -0.05) is 27.7 Å². The summed E-state index contributed by atoms with van der Waals surface area (Å²) in [7, 11) is 0. The number of aromatic nitrogens is 1. The van der Waals surface area contributed by atoms with E-state index in [4.69, 9.17) is 5.11 Å². The monoisotopic (exact) mass is 253 g/mol. The molecule has 0 aliphatic carbocycles. The molecule has 0 spiro atoms. The zero-order valence-corrected chi connectivity index (χ0v) is 11.5. The zero-order chi connectivity index (χ0) is 13.0. The largest absolute Gasteiger partial charge is 0.478 e. The Kier molecular flexibility index (Phi) is 5.00. The summed E-state index contributed by atoms with van der Waals surface area (Å²) in [5, 5.41) is 10.3. The Morgan fingerprint density at radius 2 is 2.06 bits per heavy atom. The van der Waals surface area contributed by atoms with Crippen LogP contribution in [0.15, 0.2) is 17.2 Å². The lowest BCUT2D eigenvalue weighted by Crippen LogP contribution is -2.04. The number of hydrogen-bond donors (Lipinski definition) is 1. The average Bonchev–Trinajstić information content (AvgIpc) is 2.28. The van der Waals surface area contributed by atoms with Crippen LogP contribution in [0.3, 0.4) is 0 Å². The van der Waals surface area contributed by atoms with Crippen LogP contribution in [0.1, 0.15) is 56.1 Å². The predicted octanol–water partition coefficient (Wildman–Crippen LogP) is 3.79. The molecule has 0 aliphatic heterocycles. The Hall–Kier alpha value is -1.03. The van der Waals surface area contributed by atoms with E-state index in [2.05, 4.69) is 18.8 Å². The molecule has 1 atom stereocenters. The smallest absolute Gasteiger partial charge is 0.335 e. The molecule has 17 heavy (non-hydrogen) atoms. The van der Waals surface area contributed by atoms with Crippen molar-refractivity contribution in [2.75, 3.05) is 0 Å². The van der Waals surface area contributed by atoms with Crippen molar-refractivity contribution < 1.29 is 9.90 Å². The third-order valence-electron chi connectivity index (χ3n) is 2.56. The number of hydrogen-bond acceptors (Lipinski definition) is 3. The van der Waals surface area contributed by atoms with Gasteiger partial charge in [-0.05, 0) is 24.5 Å². The molecule has 0 radical (unpaired) electrons. The van der Waals surface area contributed by atoms with E-state index in [1.165, 1.54) is 0 Å². The molecule has 0 aromatic carbocycles. The molecule has 1 unspecified atom stereocenters. The minimum atomic E-state index is -0.889. The predicted molar refractivity (Wildman–Crippen MR) is 70.9 cm³/mol. The first-order valence-corrected chi connectivity index (χ1v) is 6.74. The van der Waals surface area contributed by atoms with Crippen LogP contribution in [0.2, 0.25) is 0 Å². The lowest BCUT2D eigenvalue weighted by atomic mass is 10.1. The number of rotatable bonds is 5. The van der Waals surface area contributed by atoms with Crippen molar-refractivity contribution in [1.82, 2.24) is 4.98 Å². The second-order valence-corrected chi connectivity index (χ2v) is 5.87. The van der Waals surface area contributed by atoms with E-state index in [1.807, 2.05) is 13.8 Å². The Labute approximate surface area is 107 Å². The fraction of sp³-hybridized carbons (Fsp3) is 0.538. The number of carbonyl (C=O) groups is 1. The van der Waals surface area contributed by atoms with Crippen molar-refractivity contribution in [3.63, 3.8) is 0 Å². The Morgan fingerprint density at radius 3 is 2.53 bits per heavy atom. The first-order valence-electron chi connectivity index (χ1n) is 5.86. The van der Waals surface area contributed by atoms with Gasteiger partial charge < -0.3 is 5.11 Å². The number of pyridine rings is 1. The third-order valence-corrected chi connectivity index (χ3v) is 3.74. The minimum absolute atomic E-state index is 0.241. The number of aromatic carboxylic acids is 1. The van der Waals surface area contributed by atoms with Gasteiger partial charge in [-0.2, -0.15) is 0 Å². The fourth-order valence-electron chi connectivity index (χ4n) is 1.29. The van der Waals surface area contributed by atoms with Crippen LogP contribution in [0.5, 0.6) is 0 Å². The summed E-state index contributed by atoms with van der Waals surface area (Å²) in [5.74, 6) is -0.647. The molecule has 1 heterocycles. The molecular weight excluding hydrogens is 234 g/mol. The molecule has 0 amide bonds. The van der Waals surface area contributed by atoms with Gasteiger partial charge in [0.1, 0.15) is 0 Å². The van der Waals surface area contributed by atoms with Crippen LogP contribution in [0.4, 0.5) is 0 Å². The van der Waals surface area contributed by atoms with Gasteiger partial charge in [0.25, 0.3) is 0 Å². The molecule has 0 aliphatic rings. The first kappa shape index (κ1) is 14.0. The van der Waals surface area contributed by atoms with Gasteiger partial charge >= 0.3 is 5.97 Å². The van der Waals surface area contributed by atoms with E-state index in [0.717, 1.165) is 17.1 Å². The van der Waals surface area contributed by atoms with E-state index in [-0.39, 0.29) is 5.92 Å². The maximum Gasteiger partial charge on any atom is 0.335 e. The molecular formula is C13H19NO2S. The highest BCUT2D eigenvalue weighted by Gasteiger charge is 2.12. The van der Waals surface area contributed by atoms with E-state index >= 15 is 0 Å². The second-order valence-electron chi connectivity index (χ2n) is 4.42. The molecule has 0 fully saturated rings. The zero-order valence-electron chi connectivity index (χ0n) is 10.7. The van der Waals surface area contributed by atoms with Crippen LogP contribution in [0.25, 0.3) is 0 Å². The SMILES string of the molecule is CCC(C)Sc1cc(C(=O)O)cc(C(C)C)n1. The van der Waals surface area contributed by atoms with Crippen molar-refractivity contribution in [3.8, 4) is 0 Å². The molecule has 1 rings (SSSR count). The standard InChI is InChI=1S/C13H19NO2S/c1-5-9(4)17-12-7-10(13(15)16)6-11(14-12)8(2)3/h6-9H,5H2,1-4H3,(H,15,16). The molecule has 1 aromatic rings. The first-order chi connectivity index (χ1) is 7.93. The maximum atomic E-state index is 11.0. The summed E-state index contributed by atoms with van der Waals surface area (Å²) in [6.07, 6.45) is 1.04. The number of thioether (sulfide) groups is 1. The molecule has 1 N–H and O–H groups in total. The summed E-state index contributed by atoms with van der Waals surface area (Å²) in [4.78, 5) is 15.5. The topological polar surface area (TPSA) is 50.2 Å². The van der Waals surface area contributed by atoms with Gasteiger partial charge in [-0.15, -0.1) is 11.8 Å². The van der Waals surface area contributed by atoms with Crippen molar-refractivity contribution in [2.24, 2.45) is 0 Å². The summed E-state index contributed by atoms with van der Waals surface area (Å²) >= 11 is 1.63. The lowest BCUT2D eigenvalue weighted by Gasteiger charge is -2.11. The van der Waals surface area contributed by atoms with Crippen LogP contribution in [-0.4, -0.2) is 21.3 Å². The summed E-state index contributed by atoms with van der Waals surface area (Å²) in [5.41, 5.74) is 1.17. The Balaban J connectivity index is 3.08. The highest BCUT2D eigenvalue weighted by Crippen LogP contribution is 2.26. The quantitative estimate of drug-likeness (QED) is 0.811. The highest BCUT2D eigenvalue weighted by atomic mass is 32.2. The summed E-state index contributed by atoms with van der Waals surface area (Å²) < 4.78 is 0. The van der Waals surface area contributed by atoms with Gasteiger partial charge in [0.2, 0.25) is 0 Å². The summed E-state index contributed by atoms with van der Waals surface area (Å²) in [6, 6.07) is 3.32. The Bertz CT molecular complexity index is 404. The highest BCUT2D eigenvalue weighted by molar-refractivity contribution is 7.99. The Morgan fingerprint density at radius 1 is 1.41 bits per heavy atom. The third kappa shape index (κ3) is 4.04. The average molecular weight is 253 g/mol. The molecule has 1 aromatic heterocycles. The van der Waals surface area contributed by atoms with Gasteiger partial charge in [0.15, 0.2) is 0 Å². The van der Waals surface area contributed by atoms with Crippen molar-refractivity contribution in [1.29, 1.82) is 0 Å². The van der Waals surface area contributed by atoms with Gasteiger partial charge in [0, 0.05) is 10.9 Å². The summed E-state index contributed by atoms with van der Waals surface area (Å²) in [6.45, 7) is 8.27. The minimum Gasteiger partial charge on any atom is -0.478 e. The van der Waals surface area contributed by atoms with Crippen LogP contribution < -0.4 is 0 Å². The van der Waals surface area contributed by atoms with E-state index < -0.39 is 5.97 Å². The van der Waals surface area contributed by atoms with E-state index in [1.54, 1.807) is 23.9 Å². The molecule has 4 heteroatoms. The van der Waals surface area contributed by atoms with E-state index in [9.17, 15) is 4.79 Å². The van der Waals surface area contributed by atoms with Crippen LogP contribution >= 0.6 is 11.8 Å². The number of carboxylic acids is 1. The van der Waals surface area contributed by atoms with Gasteiger partial charge in [-0.3, -0.25) is 0 Å². The fourth-order valence-corrected chi connectivity index (χ4v) is 2.23. The second kappa shape index (κ2) is 6.05. The number of carboxylic acid groups (broad SMARTS) is 1. The molecule has 3 nitrogen and oxygen atoms in total. The molecule has 94 valence electrons. The van der Waals surface area contributed by atoms with Gasteiger partial charge in [-0.25, -0.2) is 9.78 Å². The molecule has 0 saturated carbocycles. The molecule has 0 saturated heterocycles. The normalized spacial score (nSPS) is 12.8. The lowest BCUT2D eigenvalue weighted by molar-refractivity contribution is 0.0696. The van der Waals surface area contributed by atoms with E-state index in [0.29, 0.717) is 10.8 Å². The van der Waals surface area contributed by atoms with Gasteiger partial charge in [0.05, 0.1) is 10.6 Å². The van der Waals surface area contributed by atoms with Crippen molar-refractivity contribution in [2.45, 2.75) is 50.3 Å². The molecule has 0 bridgehead atoms.